The van der Waals surface area contributed by atoms with Crippen LogP contribution in [0.5, 0.6) is 5.75 Å². The summed E-state index contributed by atoms with van der Waals surface area (Å²) in [5, 5.41) is 8.69. The minimum atomic E-state index is -0.562. The van der Waals surface area contributed by atoms with Crippen molar-refractivity contribution < 1.29 is 9.15 Å². The molecule has 3 aromatic rings. The summed E-state index contributed by atoms with van der Waals surface area (Å²) < 4.78 is 11.8. The quantitative estimate of drug-likeness (QED) is 0.414. The first-order valence-electron chi connectivity index (χ1n) is 8.51. The van der Waals surface area contributed by atoms with Gasteiger partial charge in [-0.15, -0.1) is 0 Å². The average Bonchev–Trinajstić information content (AvgIpc) is 3.31. The van der Waals surface area contributed by atoms with Crippen LogP contribution in [0.1, 0.15) is 35.6 Å². The van der Waals surface area contributed by atoms with Crippen LogP contribution in [0.2, 0.25) is 20.1 Å². The van der Waals surface area contributed by atoms with Crippen molar-refractivity contribution in [3.63, 3.8) is 0 Å². The van der Waals surface area contributed by atoms with E-state index >= 15 is 0 Å². The number of hydrazone groups is 1. The Balaban J connectivity index is 1.66. The lowest BCUT2D eigenvalue weighted by atomic mass is 9.97. The van der Waals surface area contributed by atoms with Gasteiger partial charge >= 0.3 is 0 Å². The summed E-state index contributed by atoms with van der Waals surface area (Å²) in [6, 6.07) is 12.4. The molecule has 2 aliphatic heterocycles. The van der Waals surface area contributed by atoms with Gasteiger partial charge in [-0.3, -0.25) is 0 Å². The lowest BCUT2D eigenvalue weighted by molar-refractivity contribution is -0.0188. The summed E-state index contributed by atoms with van der Waals surface area (Å²) in [7, 11) is 0. The van der Waals surface area contributed by atoms with Gasteiger partial charge in [-0.2, -0.15) is 5.10 Å². The van der Waals surface area contributed by atoms with Gasteiger partial charge in [-0.05, 0) is 36.4 Å². The first-order valence-corrected chi connectivity index (χ1v) is 10.0. The zero-order valence-corrected chi connectivity index (χ0v) is 17.2. The van der Waals surface area contributed by atoms with Gasteiger partial charge in [0.15, 0.2) is 0 Å². The molecular formula is C20H12Cl4N2O2. The second kappa shape index (κ2) is 6.89. The van der Waals surface area contributed by atoms with Crippen LogP contribution in [0.4, 0.5) is 0 Å². The fraction of sp³-hybridized carbons (Fsp3) is 0.150. The molecule has 0 N–H and O–H groups in total. The van der Waals surface area contributed by atoms with Gasteiger partial charge in [-0.25, -0.2) is 5.01 Å². The molecule has 0 amide bonds. The Morgan fingerprint density at radius 3 is 2.50 bits per heavy atom. The Bertz CT molecular complexity index is 1100. The summed E-state index contributed by atoms with van der Waals surface area (Å²) in [5.41, 5.74) is 2.44. The molecule has 0 unspecified atom stereocenters. The van der Waals surface area contributed by atoms with E-state index in [0.29, 0.717) is 38.0 Å². The Morgan fingerprint density at radius 2 is 1.75 bits per heavy atom. The number of nitrogens with zero attached hydrogens (tertiary/aromatic N) is 2. The normalized spacial score (nSPS) is 20.4. The van der Waals surface area contributed by atoms with E-state index < -0.39 is 6.23 Å². The van der Waals surface area contributed by atoms with Crippen LogP contribution in [0.3, 0.4) is 0 Å². The number of hydrogen-bond acceptors (Lipinski definition) is 4. The van der Waals surface area contributed by atoms with E-state index in [1.807, 2.05) is 29.3 Å². The molecule has 28 heavy (non-hydrogen) atoms. The van der Waals surface area contributed by atoms with Crippen LogP contribution in [0.25, 0.3) is 0 Å². The molecule has 4 nitrogen and oxygen atoms in total. The molecule has 0 saturated carbocycles. The minimum Gasteiger partial charge on any atom is -0.463 e. The van der Waals surface area contributed by atoms with E-state index in [4.69, 9.17) is 60.7 Å². The van der Waals surface area contributed by atoms with Gasteiger partial charge in [0, 0.05) is 27.6 Å². The van der Waals surface area contributed by atoms with Gasteiger partial charge in [0.1, 0.15) is 17.2 Å². The van der Waals surface area contributed by atoms with Crippen molar-refractivity contribution in [3.8, 4) is 5.75 Å². The van der Waals surface area contributed by atoms with E-state index in [9.17, 15) is 0 Å². The molecule has 2 aliphatic rings. The molecule has 0 aliphatic carbocycles. The Kier molecular flexibility index (Phi) is 4.48. The van der Waals surface area contributed by atoms with Crippen LogP contribution in [0.15, 0.2) is 58.2 Å². The molecule has 2 atom stereocenters. The number of ether oxygens (including phenoxy) is 1. The van der Waals surface area contributed by atoms with E-state index in [1.165, 1.54) is 0 Å². The molecular weight excluding hydrogens is 442 g/mol. The van der Waals surface area contributed by atoms with Crippen molar-refractivity contribution in [2.45, 2.75) is 18.7 Å². The van der Waals surface area contributed by atoms with E-state index in [0.717, 1.165) is 16.8 Å². The Morgan fingerprint density at radius 1 is 0.929 bits per heavy atom. The number of halogens is 4. The maximum absolute atomic E-state index is 6.47. The molecule has 0 spiro atoms. The van der Waals surface area contributed by atoms with Crippen molar-refractivity contribution in [1.82, 2.24) is 5.01 Å². The molecule has 0 radical (unpaired) electrons. The first-order chi connectivity index (χ1) is 13.5. The van der Waals surface area contributed by atoms with Gasteiger partial charge in [0.25, 0.3) is 0 Å². The minimum absolute atomic E-state index is 0.114. The van der Waals surface area contributed by atoms with Crippen LogP contribution >= 0.6 is 46.4 Å². The first kappa shape index (κ1) is 18.2. The van der Waals surface area contributed by atoms with Crippen molar-refractivity contribution in [2.24, 2.45) is 5.10 Å². The van der Waals surface area contributed by atoms with Crippen LogP contribution in [-0.4, -0.2) is 10.7 Å². The highest BCUT2D eigenvalue weighted by molar-refractivity contribution is 6.36. The molecule has 8 heteroatoms. The molecule has 142 valence electrons. The van der Waals surface area contributed by atoms with Crippen molar-refractivity contribution in [1.29, 1.82) is 0 Å². The standard InChI is InChI=1S/C20H12Cl4N2O2/c21-10-3-4-12(14(23)7-10)20-26-17(9-16(25-26)18-2-1-5-27-18)13-6-11(22)8-15(24)19(13)28-20/h1-8,17,20H,9H2/t17-,20-/m1/s1. The van der Waals surface area contributed by atoms with E-state index in [-0.39, 0.29) is 6.04 Å². The third-order valence-electron chi connectivity index (χ3n) is 4.84. The predicted molar refractivity (Wildman–Crippen MR) is 111 cm³/mol. The lowest BCUT2D eigenvalue weighted by Gasteiger charge is -2.39. The summed E-state index contributed by atoms with van der Waals surface area (Å²) in [6.45, 7) is 0. The highest BCUT2D eigenvalue weighted by atomic mass is 35.5. The molecule has 0 fully saturated rings. The van der Waals surface area contributed by atoms with Crippen LogP contribution in [0, 0.1) is 0 Å². The molecule has 2 aromatic carbocycles. The van der Waals surface area contributed by atoms with Gasteiger partial charge < -0.3 is 9.15 Å². The number of rotatable bonds is 2. The molecule has 3 heterocycles. The molecule has 5 rings (SSSR count). The number of hydrogen-bond donors (Lipinski definition) is 0. The highest BCUT2D eigenvalue weighted by Crippen LogP contribution is 2.51. The van der Waals surface area contributed by atoms with Crippen molar-refractivity contribution in [3.05, 3.63) is 85.7 Å². The monoisotopic (exact) mass is 452 g/mol. The Hall–Kier alpha value is -1.85. The van der Waals surface area contributed by atoms with Gasteiger partial charge in [-0.1, -0.05) is 52.5 Å². The SMILES string of the molecule is Clc1ccc([C@H]2Oc3c(Cl)cc(Cl)cc3[C@H]3CC(c4ccco4)=NN32)c(Cl)c1. The third-order valence-corrected chi connectivity index (χ3v) is 5.90. The lowest BCUT2D eigenvalue weighted by Crippen LogP contribution is -2.34. The summed E-state index contributed by atoms with van der Waals surface area (Å²) in [6.07, 6.45) is 1.69. The van der Waals surface area contributed by atoms with Crippen molar-refractivity contribution in [2.75, 3.05) is 0 Å². The van der Waals surface area contributed by atoms with Gasteiger partial charge in [0.2, 0.25) is 6.23 Å². The number of furan rings is 1. The van der Waals surface area contributed by atoms with Gasteiger partial charge in [0.05, 0.1) is 22.4 Å². The molecule has 1 aromatic heterocycles. The number of benzene rings is 2. The zero-order chi connectivity index (χ0) is 19.4. The largest absolute Gasteiger partial charge is 0.463 e. The third kappa shape index (κ3) is 2.96. The topological polar surface area (TPSA) is 38.0 Å². The molecule has 0 bridgehead atoms. The van der Waals surface area contributed by atoms with Crippen LogP contribution in [-0.2, 0) is 0 Å². The van der Waals surface area contributed by atoms with Crippen molar-refractivity contribution >= 4 is 52.1 Å². The molecule has 0 saturated heterocycles. The predicted octanol–water partition coefficient (Wildman–Crippen LogP) is 7.14. The smallest absolute Gasteiger partial charge is 0.215 e. The summed E-state index contributed by atoms with van der Waals surface area (Å²) in [4.78, 5) is 0. The zero-order valence-electron chi connectivity index (χ0n) is 14.2. The second-order valence-corrected chi connectivity index (χ2v) is 8.25. The Labute approximate surface area is 181 Å². The fourth-order valence-electron chi connectivity index (χ4n) is 3.61. The maximum atomic E-state index is 6.47. The average molecular weight is 454 g/mol. The summed E-state index contributed by atoms with van der Waals surface area (Å²) >= 11 is 25.2. The van der Waals surface area contributed by atoms with E-state index in [1.54, 1.807) is 24.5 Å². The number of fused-ring (bicyclic) bond motifs is 3. The summed E-state index contributed by atoms with van der Waals surface area (Å²) in [5.74, 6) is 1.30. The second-order valence-electron chi connectivity index (χ2n) is 6.57. The van der Waals surface area contributed by atoms with E-state index in [2.05, 4.69) is 0 Å². The maximum Gasteiger partial charge on any atom is 0.215 e. The van der Waals surface area contributed by atoms with Crippen LogP contribution < -0.4 is 4.74 Å². The fourth-order valence-corrected chi connectivity index (χ4v) is 4.67. The highest BCUT2D eigenvalue weighted by Gasteiger charge is 2.43.